The molecule has 68 heavy (non-hydrogen) atoms. The van der Waals surface area contributed by atoms with Gasteiger partial charge in [-0.15, -0.1) is 11.8 Å². The molecule has 1 unspecified atom stereocenters. The highest BCUT2D eigenvalue weighted by atomic mass is 35.5. The molecule has 0 aromatic heterocycles. The van der Waals surface area contributed by atoms with Crippen LogP contribution < -0.4 is 14.9 Å². The van der Waals surface area contributed by atoms with Gasteiger partial charge in [0.2, 0.25) is 0 Å². The summed E-state index contributed by atoms with van der Waals surface area (Å²) in [6.07, 6.45) is 2.42. The summed E-state index contributed by atoms with van der Waals surface area (Å²) in [5.74, 6) is -0.759. The summed E-state index contributed by atoms with van der Waals surface area (Å²) in [5, 5.41) is 13.0. The molecule has 13 nitrogen and oxygen atoms in total. The predicted octanol–water partition coefficient (Wildman–Crippen LogP) is 8.80. The zero-order valence-electron chi connectivity index (χ0n) is 37.8. The number of nitrogens with zero attached hydrogens (tertiary/aromatic N) is 4. The van der Waals surface area contributed by atoms with E-state index in [9.17, 15) is 44.7 Å². The summed E-state index contributed by atoms with van der Waals surface area (Å²) in [7, 11) is -11.0. The highest BCUT2D eigenvalue weighted by molar-refractivity contribution is 7.99. The molecule has 3 N–H and O–H groups in total. The normalized spacial score (nSPS) is 18.0. The first-order valence-corrected chi connectivity index (χ1v) is 26.7. The molecule has 0 bridgehead atoms. The second-order valence-corrected chi connectivity index (χ2v) is 23.3. The number of hydrogen-bond acceptors (Lipinski definition) is 11. The predicted molar refractivity (Wildman–Crippen MR) is 261 cm³/mol. The quantitative estimate of drug-likeness (QED) is 0.0918. The molecule has 1 aliphatic carbocycles. The van der Waals surface area contributed by atoms with Crippen molar-refractivity contribution in [3.05, 3.63) is 119 Å². The minimum Gasteiger partial charge on any atom is -0.465 e. The Balaban J connectivity index is 1.02. The number of hydrogen-bond donors (Lipinski definition) is 3. The fourth-order valence-corrected chi connectivity index (χ4v) is 12.0. The Kier molecular flexibility index (Phi) is 16.1. The zero-order valence-corrected chi connectivity index (χ0v) is 41.0. The number of halogens is 4. The Morgan fingerprint density at radius 2 is 1.49 bits per heavy atom. The van der Waals surface area contributed by atoms with E-state index in [1.807, 2.05) is 52.1 Å². The smallest absolute Gasteiger partial charge is 0.465 e. The number of benzene rings is 4. The van der Waals surface area contributed by atoms with Crippen molar-refractivity contribution in [2.75, 3.05) is 81.4 Å². The second kappa shape index (κ2) is 21.5. The van der Waals surface area contributed by atoms with Gasteiger partial charge in [-0.3, -0.25) is 14.6 Å². The second-order valence-electron chi connectivity index (χ2n) is 18.1. The van der Waals surface area contributed by atoms with Crippen LogP contribution in [0.4, 0.5) is 29.3 Å². The number of thioether (sulfide) groups is 1. The number of amides is 2. The van der Waals surface area contributed by atoms with Gasteiger partial charge in [-0.2, -0.15) is 13.2 Å². The first-order chi connectivity index (χ1) is 32.2. The van der Waals surface area contributed by atoms with Crippen molar-refractivity contribution in [2.24, 2.45) is 5.41 Å². The molecule has 20 heteroatoms. The van der Waals surface area contributed by atoms with Crippen LogP contribution in [-0.2, 0) is 19.9 Å². The van der Waals surface area contributed by atoms with E-state index in [1.165, 1.54) is 45.5 Å². The molecule has 2 fully saturated rings. The first kappa shape index (κ1) is 51.1. The number of nitrogens with one attached hydrogen (secondary N) is 2. The van der Waals surface area contributed by atoms with E-state index in [4.69, 9.17) is 11.6 Å². The van der Waals surface area contributed by atoms with E-state index in [0.717, 1.165) is 74.7 Å². The van der Waals surface area contributed by atoms with Gasteiger partial charge in [-0.05, 0) is 109 Å². The number of allylic oxidation sites excluding steroid dienone is 1. The van der Waals surface area contributed by atoms with Gasteiger partial charge in [0.25, 0.3) is 25.8 Å². The molecule has 0 radical (unpaired) electrons. The summed E-state index contributed by atoms with van der Waals surface area (Å²) in [6, 6.07) is 25.3. The lowest BCUT2D eigenvalue weighted by Gasteiger charge is -2.39. The molecule has 4 aromatic rings. The van der Waals surface area contributed by atoms with Crippen LogP contribution in [0.2, 0.25) is 5.02 Å². The molecule has 2 amide bonds. The summed E-state index contributed by atoms with van der Waals surface area (Å²) < 4.78 is 98.0. The first-order valence-electron chi connectivity index (χ1n) is 22.4. The van der Waals surface area contributed by atoms with Crippen LogP contribution >= 0.6 is 23.4 Å². The zero-order chi connectivity index (χ0) is 48.9. The fraction of sp³-hybridized carbons (Fsp3) is 0.417. The van der Waals surface area contributed by atoms with E-state index >= 15 is 0 Å². The van der Waals surface area contributed by atoms with Crippen molar-refractivity contribution in [1.29, 1.82) is 0 Å². The average Bonchev–Trinajstić information content (AvgIpc) is 3.30. The maximum Gasteiger partial charge on any atom is 0.501 e. The monoisotopic (exact) mass is 1020 g/mol. The SMILES string of the molecule is CC1(C)CCC(c2ccc(Cl)cc2)=C(CN2CCN(c3ccc(C(=O)NS(=O)(=O)c4ccc(NC(CCN5CCN(C(=O)O)CC5)CSc5ccccc5)c(S(=O)(=O)C(F)(F)F)c4)cc3)CC2)C1. The van der Waals surface area contributed by atoms with Gasteiger partial charge >= 0.3 is 11.6 Å². The lowest BCUT2D eigenvalue weighted by atomic mass is 9.73. The third kappa shape index (κ3) is 12.9. The van der Waals surface area contributed by atoms with Crippen molar-refractivity contribution in [1.82, 2.24) is 19.4 Å². The number of piperazine rings is 2. The van der Waals surface area contributed by atoms with Crippen molar-refractivity contribution in [3.63, 3.8) is 0 Å². The molecule has 7 rings (SSSR count). The molecular weight excluding hydrogens is 961 g/mol. The fourth-order valence-electron chi connectivity index (χ4n) is 8.83. The van der Waals surface area contributed by atoms with E-state index < -0.39 is 58.9 Å². The van der Waals surface area contributed by atoms with Crippen LogP contribution in [0.3, 0.4) is 0 Å². The number of carbonyl (C=O) groups is 2. The van der Waals surface area contributed by atoms with Crippen LogP contribution in [0.15, 0.2) is 117 Å². The minimum atomic E-state index is -6.11. The maximum atomic E-state index is 14.2. The van der Waals surface area contributed by atoms with E-state index in [0.29, 0.717) is 42.9 Å². The number of alkyl halides is 3. The number of rotatable bonds is 16. The molecule has 2 aliphatic heterocycles. The van der Waals surface area contributed by atoms with Crippen LogP contribution in [0.5, 0.6) is 0 Å². The summed E-state index contributed by atoms with van der Waals surface area (Å²) in [4.78, 5) is 31.4. The maximum absolute atomic E-state index is 14.2. The molecule has 366 valence electrons. The summed E-state index contributed by atoms with van der Waals surface area (Å²) in [6.45, 7) is 10.4. The third-order valence-corrected chi connectivity index (χ3v) is 17.0. The van der Waals surface area contributed by atoms with Crippen LogP contribution in [0, 0.1) is 5.41 Å². The number of carbonyl (C=O) groups excluding carboxylic acids is 1. The molecule has 0 saturated carbocycles. The van der Waals surface area contributed by atoms with Gasteiger partial charge in [-0.1, -0.05) is 61.4 Å². The Bertz CT molecular complexity index is 2680. The van der Waals surface area contributed by atoms with E-state index in [1.54, 1.807) is 12.1 Å². The Hall–Kier alpha value is -4.79. The number of sulfonamides is 1. The number of sulfone groups is 1. The van der Waals surface area contributed by atoms with Crippen molar-refractivity contribution in [3.8, 4) is 0 Å². The molecule has 2 heterocycles. The Morgan fingerprint density at radius 1 is 0.838 bits per heavy atom. The van der Waals surface area contributed by atoms with Crippen LogP contribution in [0.1, 0.15) is 55.5 Å². The van der Waals surface area contributed by atoms with Gasteiger partial charge in [0.05, 0.1) is 10.6 Å². The highest BCUT2D eigenvalue weighted by Gasteiger charge is 2.48. The Morgan fingerprint density at radius 3 is 2.12 bits per heavy atom. The Labute approximate surface area is 405 Å². The topological polar surface area (TPSA) is 160 Å². The van der Waals surface area contributed by atoms with Crippen molar-refractivity contribution < 1.29 is 44.7 Å². The summed E-state index contributed by atoms with van der Waals surface area (Å²) in [5.41, 5.74) is -1.20. The highest BCUT2D eigenvalue weighted by Crippen LogP contribution is 2.43. The molecule has 3 aliphatic rings. The van der Waals surface area contributed by atoms with Gasteiger partial charge in [-0.25, -0.2) is 26.4 Å². The molecular formula is C48H56ClF3N6O7S3. The molecule has 1 atom stereocenters. The van der Waals surface area contributed by atoms with Crippen LogP contribution in [0.25, 0.3) is 5.57 Å². The number of carboxylic acid groups (broad SMARTS) is 1. The van der Waals surface area contributed by atoms with Gasteiger partial charge in [0, 0.05) is 98.4 Å². The standard InChI is InChI=1S/C48H56ClF3N6O7S3/c1-47(2)20-18-42(34-8-12-37(49)13-9-34)36(31-47)32-56-24-26-57(27-25-56)39-14-10-35(11-15-39)45(59)54-68(64,65)41-16-17-43(44(30-41)67(62,63)48(50,51)52)53-38(33-66-40-6-4-3-5-7-40)19-21-55-22-28-58(29-23-55)46(60)61/h3-17,30,38,53H,18-29,31-33H2,1-2H3,(H,54,59)(H,60,61). The summed E-state index contributed by atoms with van der Waals surface area (Å²) >= 11 is 7.58. The van der Waals surface area contributed by atoms with Crippen molar-refractivity contribution >= 4 is 72.2 Å². The molecule has 4 aromatic carbocycles. The third-order valence-electron chi connectivity index (χ3n) is 12.7. The minimum absolute atomic E-state index is 0.0258. The average molecular weight is 1020 g/mol. The van der Waals surface area contributed by atoms with Gasteiger partial charge < -0.3 is 20.2 Å². The molecule has 0 spiro atoms. The largest absolute Gasteiger partial charge is 0.501 e. The van der Waals surface area contributed by atoms with E-state index in [-0.39, 0.29) is 24.1 Å². The van der Waals surface area contributed by atoms with Crippen LogP contribution in [-0.4, -0.2) is 131 Å². The molecule has 2 saturated heterocycles. The van der Waals surface area contributed by atoms with Gasteiger partial charge in [0.15, 0.2) is 0 Å². The number of anilines is 2. The lowest BCUT2D eigenvalue weighted by Crippen LogP contribution is -2.49. The lowest BCUT2D eigenvalue weighted by molar-refractivity contribution is -0.0436. The van der Waals surface area contributed by atoms with E-state index in [2.05, 4.69) is 41.1 Å². The van der Waals surface area contributed by atoms with Gasteiger partial charge in [0.1, 0.15) is 4.90 Å². The van der Waals surface area contributed by atoms with Crippen molar-refractivity contribution in [2.45, 2.75) is 65.8 Å².